The van der Waals surface area contributed by atoms with Gasteiger partial charge in [-0.2, -0.15) is 0 Å². The minimum atomic E-state index is -0.655. The van der Waals surface area contributed by atoms with Crippen LogP contribution in [-0.4, -0.2) is 53.4 Å². The number of aliphatic hydroxyl groups is 1. The predicted molar refractivity (Wildman–Crippen MR) is 95.1 cm³/mol. The van der Waals surface area contributed by atoms with Crippen molar-refractivity contribution in [1.82, 2.24) is 20.4 Å². The molecule has 0 saturated heterocycles. The molecule has 130 valence electrons. The van der Waals surface area contributed by atoms with Crippen LogP contribution in [0.15, 0.2) is 30.3 Å². The van der Waals surface area contributed by atoms with Gasteiger partial charge in [-0.1, -0.05) is 41.7 Å². The van der Waals surface area contributed by atoms with Crippen LogP contribution in [0.5, 0.6) is 0 Å². The molecule has 0 unspecified atom stereocenters. The van der Waals surface area contributed by atoms with E-state index in [1.54, 1.807) is 0 Å². The lowest BCUT2D eigenvalue weighted by molar-refractivity contribution is 0.0911. The Morgan fingerprint density at radius 2 is 2.00 bits per heavy atom. The van der Waals surface area contributed by atoms with Crippen LogP contribution in [0, 0.1) is 12.8 Å². The molecule has 2 amide bonds. The second kappa shape index (κ2) is 8.72. The zero-order valence-corrected chi connectivity index (χ0v) is 14.9. The van der Waals surface area contributed by atoms with E-state index in [2.05, 4.69) is 20.8 Å². The molecular weight excluding hydrogens is 326 g/mol. The van der Waals surface area contributed by atoms with Crippen molar-refractivity contribution in [2.75, 3.05) is 32.5 Å². The summed E-state index contributed by atoms with van der Waals surface area (Å²) < 4.78 is 0. The summed E-state index contributed by atoms with van der Waals surface area (Å²) in [5.74, 6) is -0.135. The number of anilines is 1. The summed E-state index contributed by atoms with van der Waals surface area (Å²) in [5.41, 5.74) is 0.839. The van der Waals surface area contributed by atoms with Crippen LogP contribution in [0.2, 0.25) is 0 Å². The van der Waals surface area contributed by atoms with Crippen LogP contribution < -0.4 is 10.6 Å². The first-order valence-electron chi connectivity index (χ1n) is 7.68. The molecule has 8 heteroatoms. The van der Waals surface area contributed by atoms with Gasteiger partial charge in [0.25, 0.3) is 0 Å². The largest absolute Gasteiger partial charge is 0.388 e. The van der Waals surface area contributed by atoms with E-state index in [0.29, 0.717) is 18.2 Å². The van der Waals surface area contributed by atoms with Crippen LogP contribution in [-0.2, 0) is 0 Å². The second-order valence-corrected chi connectivity index (χ2v) is 7.02. The Balaban J connectivity index is 1.94. The van der Waals surface area contributed by atoms with Gasteiger partial charge >= 0.3 is 6.03 Å². The van der Waals surface area contributed by atoms with E-state index in [0.717, 1.165) is 10.6 Å². The molecule has 1 aromatic heterocycles. The molecule has 0 bridgehead atoms. The van der Waals surface area contributed by atoms with Crippen molar-refractivity contribution in [2.45, 2.75) is 13.0 Å². The Labute approximate surface area is 145 Å². The standard InChI is InChI=1S/C16H23N5O2S/c1-11-19-20-16(24-11)18-15(23)17-9-13(10-21(2)3)14(22)12-7-5-4-6-8-12/h4-8,13-14,22H,9-10H2,1-3H3,(H2,17,18,20,23)/t13-,14+/m1/s1. The monoisotopic (exact) mass is 349 g/mol. The minimum absolute atomic E-state index is 0.135. The van der Waals surface area contributed by atoms with Crippen LogP contribution in [0.3, 0.4) is 0 Å². The van der Waals surface area contributed by atoms with E-state index in [1.807, 2.05) is 56.3 Å². The van der Waals surface area contributed by atoms with Crippen LogP contribution >= 0.6 is 11.3 Å². The topological polar surface area (TPSA) is 90.4 Å². The van der Waals surface area contributed by atoms with Gasteiger partial charge in [0.2, 0.25) is 5.13 Å². The van der Waals surface area contributed by atoms with Gasteiger partial charge in [-0.15, -0.1) is 10.2 Å². The molecule has 0 aliphatic carbocycles. The Kier molecular flexibility index (Phi) is 6.65. The summed E-state index contributed by atoms with van der Waals surface area (Å²) in [6.07, 6.45) is -0.655. The Hall–Kier alpha value is -2.03. The summed E-state index contributed by atoms with van der Waals surface area (Å²) in [7, 11) is 3.88. The first-order chi connectivity index (χ1) is 11.5. The zero-order valence-electron chi connectivity index (χ0n) is 14.1. The summed E-state index contributed by atoms with van der Waals surface area (Å²) in [4.78, 5) is 14.0. The molecule has 0 fully saturated rings. The molecule has 1 heterocycles. The van der Waals surface area contributed by atoms with Crippen molar-refractivity contribution < 1.29 is 9.90 Å². The first kappa shape index (κ1) is 18.3. The highest BCUT2D eigenvalue weighted by molar-refractivity contribution is 7.15. The van der Waals surface area contributed by atoms with E-state index in [1.165, 1.54) is 11.3 Å². The number of rotatable bonds is 7. The second-order valence-electron chi connectivity index (χ2n) is 5.84. The molecule has 0 radical (unpaired) electrons. The number of hydrogen-bond donors (Lipinski definition) is 3. The van der Waals surface area contributed by atoms with E-state index < -0.39 is 6.10 Å². The zero-order chi connectivity index (χ0) is 17.5. The third kappa shape index (κ3) is 5.55. The van der Waals surface area contributed by atoms with E-state index in [9.17, 15) is 9.90 Å². The maximum absolute atomic E-state index is 12.0. The van der Waals surface area contributed by atoms with Gasteiger partial charge < -0.3 is 15.3 Å². The molecule has 2 aromatic rings. The Morgan fingerprint density at radius 1 is 1.29 bits per heavy atom. The molecule has 0 aliphatic heterocycles. The van der Waals surface area contributed by atoms with Gasteiger partial charge in [-0.3, -0.25) is 5.32 Å². The summed E-state index contributed by atoms with van der Waals surface area (Å²) in [6, 6.07) is 9.11. The number of carbonyl (C=O) groups is 1. The number of carbonyl (C=O) groups excluding carboxylic acids is 1. The Morgan fingerprint density at radius 3 is 2.58 bits per heavy atom. The number of benzene rings is 1. The molecule has 0 aliphatic rings. The number of nitrogens with one attached hydrogen (secondary N) is 2. The predicted octanol–water partition coefficient (Wildman–Crippen LogP) is 1.88. The number of amides is 2. The van der Waals surface area contributed by atoms with Gasteiger partial charge in [0.1, 0.15) is 5.01 Å². The highest BCUT2D eigenvalue weighted by Gasteiger charge is 2.22. The SMILES string of the molecule is Cc1nnc(NC(=O)NC[C@H](CN(C)C)[C@@H](O)c2ccccc2)s1. The molecule has 2 atom stereocenters. The molecule has 2 rings (SSSR count). The van der Waals surface area contributed by atoms with Crippen molar-refractivity contribution in [2.24, 2.45) is 5.92 Å². The van der Waals surface area contributed by atoms with Gasteiger partial charge in [-0.25, -0.2) is 4.79 Å². The van der Waals surface area contributed by atoms with Crippen LogP contribution in [0.4, 0.5) is 9.93 Å². The molecule has 1 aromatic carbocycles. The lowest BCUT2D eigenvalue weighted by Gasteiger charge is -2.26. The van der Waals surface area contributed by atoms with E-state index >= 15 is 0 Å². The van der Waals surface area contributed by atoms with E-state index in [-0.39, 0.29) is 11.9 Å². The lowest BCUT2D eigenvalue weighted by Crippen LogP contribution is -2.39. The van der Waals surface area contributed by atoms with Crippen molar-refractivity contribution >= 4 is 22.5 Å². The maximum atomic E-state index is 12.0. The molecule has 3 N–H and O–H groups in total. The fourth-order valence-electron chi connectivity index (χ4n) is 2.38. The average Bonchev–Trinajstić information content (AvgIpc) is 2.96. The number of urea groups is 1. The van der Waals surface area contributed by atoms with Crippen LogP contribution in [0.25, 0.3) is 0 Å². The average molecular weight is 349 g/mol. The number of nitrogens with zero attached hydrogens (tertiary/aromatic N) is 3. The van der Waals surface area contributed by atoms with Gasteiger partial charge in [-0.05, 0) is 26.6 Å². The molecule has 7 nitrogen and oxygen atoms in total. The lowest BCUT2D eigenvalue weighted by atomic mass is 9.95. The highest BCUT2D eigenvalue weighted by Crippen LogP contribution is 2.22. The quantitative estimate of drug-likeness (QED) is 0.710. The fourth-order valence-corrected chi connectivity index (χ4v) is 2.97. The smallest absolute Gasteiger partial charge is 0.321 e. The van der Waals surface area contributed by atoms with Gasteiger partial charge in [0, 0.05) is 19.0 Å². The fraction of sp³-hybridized carbons (Fsp3) is 0.438. The van der Waals surface area contributed by atoms with E-state index in [4.69, 9.17) is 0 Å². The summed E-state index contributed by atoms with van der Waals surface area (Å²) in [6.45, 7) is 2.82. The highest BCUT2D eigenvalue weighted by atomic mass is 32.1. The molecular formula is C16H23N5O2S. The summed E-state index contributed by atoms with van der Waals surface area (Å²) >= 11 is 1.31. The third-order valence-electron chi connectivity index (χ3n) is 3.46. The number of aromatic nitrogens is 2. The van der Waals surface area contributed by atoms with Crippen molar-refractivity contribution in [3.05, 3.63) is 40.9 Å². The van der Waals surface area contributed by atoms with Crippen molar-refractivity contribution in [3.63, 3.8) is 0 Å². The summed E-state index contributed by atoms with van der Waals surface area (Å²) in [5, 5.41) is 25.0. The van der Waals surface area contributed by atoms with Gasteiger partial charge in [0.15, 0.2) is 0 Å². The van der Waals surface area contributed by atoms with Crippen LogP contribution in [0.1, 0.15) is 16.7 Å². The normalized spacial score (nSPS) is 13.5. The van der Waals surface area contributed by atoms with Crippen molar-refractivity contribution in [3.8, 4) is 0 Å². The number of aliphatic hydroxyl groups excluding tert-OH is 1. The third-order valence-corrected chi connectivity index (χ3v) is 4.21. The van der Waals surface area contributed by atoms with Gasteiger partial charge in [0.05, 0.1) is 6.10 Å². The first-order valence-corrected chi connectivity index (χ1v) is 8.50. The maximum Gasteiger partial charge on any atom is 0.321 e. The molecule has 0 spiro atoms. The minimum Gasteiger partial charge on any atom is -0.388 e. The van der Waals surface area contributed by atoms with Crippen molar-refractivity contribution in [1.29, 1.82) is 0 Å². The molecule has 24 heavy (non-hydrogen) atoms. The Bertz CT molecular complexity index is 647. The number of hydrogen-bond acceptors (Lipinski definition) is 6. The number of aryl methyl sites for hydroxylation is 1. The molecule has 0 saturated carbocycles.